The molecule has 5 nitrogen and oxygen atoms in total. The molecule has 1 aromatic carbocycles. The molecule has 0 bridgehead atoms. The number of rotatable bonds is 4. The smallest absolute Gasteiger partial charge is 0.290 e. The first-order valence-corrected chi connectivity index (χ1v) is 8.35. The highest BCUT2D eigenvalue weighted by molar-refractivity contribution is 6.33. The molecular weight excluding hydrogens is 335 g/mol. The predicted molar refractivity (Wildman–Crippen MR) is 93.4 cm³/mol. The van der Waals surface area contributed by atoms with Gasteiger partial charge in [-0.15, -0.1) is 0 Å². The maximum atomic E-state index is 11.9. The summed E-state index contributed by atoms with van der Waals surface area (Å²) in [5, 5.41) is 4.88. The van der Waals surface area contributed by atoms with E-state index >= 15 is 0 Å². The topological polar surface area (TPSA) is 61.0 Å². The van der Waals surface area contributed by atoms with E-state index in [0.717, 1.165) is 31.5 Å². The molecule has 0 saturated carbocycles. The lowest BCUT2D eigenvalue weighted by atomic mass is 10.1. The van der Waals surface area contributed by atoms with Crippen LogP contribution in [0.2, 0.25) is 10.0 Å². The number of hydrogen-bond donors (Lipinski definition) is 2. The summed E-state index contributed by atoms with van der Waals surface area (Å²) in [6.07, 6.45) is 5.22. The van der Waals surface area contributed by atoms with Crippen molar-refractivity contribution in [1.29, 1.82) is 0 Å². The number of aromatic amines is 1. The van der Waals surface area contributed by atoms with Crippen molar-refractivity contribution in [2.45, 2.75) is 25.4 Å². The number of nitrogens with one attached hydrogen (secondary N) is 2. The van der Waals surface area contributed by atoms with Gasteiger partial charge in [-0.3, -0.25) is 4.79 Å². The van der Waals surface area contributed by atoms with Crippen molar-refractivity contribution in [3.63, 3.8) is 0 Å². The minimum Gasteiger partial charge on any atom is -0.350 e. The van der Waals surface area contributed by atoms with E-state index in [9.17, 15) is 4.79 Å². The van der Waals surface area contributed by atoms with Crippen molar-refractivity contribution < 1.29 is 0 Å². The number of piperidine rings is 1. The van der Waals surface area contributed by atoms with Gasteiger partial charge in [-0.1, -0.05) is 23.2 Å². The Labute approximate surface area is 144 Å². The Morgan fingerprint density at radius 3 is 3.09 bits per heavy atom. The second-order valence-electron chi connectivity index (χ2n) is 5.64. The third-order valence-corrected chi connectivity index (χ3v) is 4.60. The SMILES string of the molecule is O=c1[nH]ccnc1N1CCCC(NCc2cc(Cl)ccc2Cl)C1. The Morgan fingerprint density at radius 1 is 1.39 bits per heavy atom. The molecule has 2 aromatic rings. The van der Waals surface area contributed by atoms with Crippen LogP contribution in [0.1, 0.15) is 18.4 Å². The lowest BCUT2D eigenvalue weighted by molar-refractivity contribution is 0.419. The summed E-state index contributed by atoms with van der Waals surface area (Å²) in [4.78, 5) is 20.8. The third-order valence-electron chi connectivity index (χ3n) is 4.00. The van der Waals surface area contributed by atoms with E-state index in [1.54, 1.807) is 18.5 Å². The van der Waals surface area contributed by atoms with Crippen molar-refractivity contribution in [3.05, 3.63) is 56.6 Å². The molecule has 2 heterocycles. The molecule has 7 heteroatoms. The highest BCUT2D eigenvalue weighted by Gasteiger charge is 2.22. The summed E-state index contributed by atoms with van der Waals surface area (Å²) >= 11 is 12.2. The van der Waals surface area contributed by atoms with Gasteiger partial charge in [0.25, 0.3) is 5.56 Å². The van der Waals surface area contributed by atoms with E-state index in [0.29, 0.717) is 22.4 Å². The van der Waals surface area contributed by atoms with Crippen LogP contribution in [0.3, 0.4) is 0 Å². The van der Waals surface area contributed by atoms with Crippen molar-refractivity contribution in [2.75, 3.05) is 18.0 Å². The maximum Gasteiger partial charge on any atom is 0.290 e. The Kier molecular flexibility index (Phi) is 5.20. The summed E-state index contributed by atoms with van der Waals surface area (Å²) in [6.45, 7) is 2.24. The molecule has 1 aliphatic heterocycles. The van der Waals surface area contributed by atoms with E-state index in [1.165, 1.54) is 0 Å². The first-order valence-electron chi connectivity index (χ1n) is 7.59. The zero-order chi connectivity index (χ0) is 16.2. The van der Waals surface area contributed by atoms with Gasteiger partial charge in [0, 0.05) is 48.1 Å². The van der Waals surface area contributed by atoms with Crippen LogP contribution in [0.4, 0.5) is 5.82 Å². The van der Waals surface area contributed by atoms with Gasteiger partial charge in [0.2, 0.25) is 0 Å². The van der Waals surface area contributed by atoms with Crippen LogP contribution in [0.25, 0.3) is 0 Å². The number of nitrogens with zero attached hydrogens (tertiary/aromatic N) is 2. The Morgan fingerprint density at radius 2 is 2.26 bits per heavy atom. The zero-order valence-corrected chi connectivity index (χ0v) is 14.1. The van der Waals surface area contributed by atoms with Crippen LogP contribution in [0.15, 0.2) is 35.4 Å². The average Bonchev–Trinajstić information content (AvgIpc) is 2.56. The van der Waals surface area contributed by atoms with Gasteiger partial charge < -0.3 is 15.2 Å². The molecule has 0 radical (unpaired) electrons. The molecule has 1 atom stereocenters. The number of benzene rings is 1. The summed E-state index contributed by atoms with van der Waals surface area (Å²) in [6, 6.07) is 5.74. The van der Waals surface area contributed by atoms with Gasteiger partial charge in [-0.05, 0) is 36.6 Å². The molecule has 1 unspecified atom stereocenters. The van der Waals surface area contributed by atoms with E-state index in [-0.39, 0.29) is 11.6 Å². The first-order chi connectivity index (χ1) is 11.1. The van der Waals surface area contributed by atoms with Crippen LogP contribution < -0.4 is 15.8 Å². The fourth-order valence-corrected chi connectivity index (χ4v) is 3.22. The van der Waals surface area contributed by atoms with Gasteiger partial charge in [0.1, 0.15) is 0 Å². The maximum absolute atomic E-state index is 11.9. The highest BCUT2D eigenvalue weighted by atomic mass is 35.5. The molecule has 122 valence electrons. The monoisotopic (exact) mass is 352 g/mol. The van der Waals surface area contributed by atoms with E-state index in [4.69, 9.17) is 23.2 Å². The number of hydrogen-bond acceptors (Lipinski definition) is 4. The van der Waals surface area contributed by atoms with Gasteiger partial charge in [0.15, 0.2) is 5.82 Å². The first kappa shape index (κ1) is 16.3. The molecule has 3 rings (SSSR count). The zero-order valence-electron chi connectivity index (χ0n) is 12.6. The summed E-state index contributed by atoms with van der Waals surface area (Å²) in [5.41, 5.74) is 0.831. The summed E-state index contributed by atoms with van der Waals surface area (Å²) in [5.74, 6) is 0.486. The fraction of sp³-hybridized carbons (Fsp3) is 0.375. The number of H-pyrrole nitrogens is 1. The quantitative estimate of drug-likeness (QED) is 0.888. The van der Waals surface area contributed by atoms with Crippen molar-refractivity contribution in [2.24, 2.45) is 0 Å². The molecule has 0 spiro atoms. The van der Waals surface area contributed by atoms with E-state index in [2.05, 4.69) is 15.3 Å². The van der Waals surface area contributed by atoms with Crippen LogP contribution in [-0.4, -0.2) is 29.1 Å². The lowest BCUT2D eigenvalue weighted by Gasteiger charge is -2.33. The standard InChI is InChI=1S/C16H18Cl2N4O/c17-12-3-4-14(18)11(8-12)9-21-13-2-1-7-22(10-13)15-16(23)20-6-5-19-15/h3-6,8,13,21H,1-2,7,9-10H2,(H,20,23). The molecule has 2 N–H and O–H groups in total. The molecule has 1 saturated heterocycles. The Bertz CT molecular complexity index is 734. The second-order valence-corrected chi connectivity index (χ2v) is 6.49. The normalized spacial score (nSPS) is 18.2. The minimum atomic E-state index is -0.147. The molecular formula is C16H18Cl2N4O. The van der Waals surface area contributed by atoms with Crippen molar-refractivity contribution >= 4 is 29.0 Å². The summed E-state index contributed by atoms with van der Waals surface area (Å²) in [7, 11) is 0. The fourth-order valence-electron chi connectivity index (χ4n) is 2.84. The minimum absolute atomic E-state index is 0.147. The van der Waals surface area contributed by atoms with E-state index < -0.39 is 0 Å². The largest absolute Gasteiger partial charge is 0.350 e. The predicted octanol–water partition coefficient (Wildman–Crippen LogP) is 2.84. The van der Waals surface area contributed by atoms with Crippen LogP contribution in [0, 0.1) is 0 Å². The lowest BCUT2D eigenvalue weighted by Crippen LogP contribution is -2.47. The molecule has 1 aliphatic rings. The summed E-state index contributed by atoms with van der Waals surface area (Å²) < 4.78 is 0. The molecule has 23 heavy (non-hydrogen) atoms. The molecule has 1 fully saturated rings. The second kappa shape index (κ2) is 7.34. The van der Waals surface area contributed by atoms with Crippen LogP contribution >= 0.6 is 23.2 Å². The average molecular weight is 353 g/mol. The van der Waals surface area contributed by atoms with Gasteiger partial charge in [-0.2, -0.15) is 0 Å². The van der Waals surface area contributed by atoms with Crippen LogP contribution in [-0.2, 0) is 6.54 Å². The van der Waals surface area contributed by atoms with E-state index in [1.807, 2.05) is 17.0 Å². The number of anilines is 1. The van der Waals surface area contributed by atoms with Gasteiger partial charge in [-0.25, -0.2) is 4.98 Å². The highest BCUT2D eigenvalue weighted by Crippen LogP contribution is 2.21. The molecule has 0 aliphatic carbocycles. The van der Waals surface area contributed by atoms with Gasteiger partial charge in [0.05, 0.1) is 0 Å². The Hall–Kier alpha value is -1.56. The molecule has 0 amide bonds. The van der Waals surface area contributed by atoms with Crippen molar-refractivity contribution in [1.82, 2.24) is 15.3 Å². The van der Waals surface area contributed by atoms with Crippen molar-refractivity contribution in [3.8, 4) is 0 Å². The number of aromatic nitrogens is 2. The van der Waals surface area contributed by atoms with Crippen LogP contribution in [0.5, 0.6) is 0 Å². The van der Waals surface area contributed by atoms with Gasteiger partial charge >= 0.3 is 0 Å². The number of halogens is 2. The molecule has 1 aromatic heterocycles. The Balaban J connectivity index is 1.64. The third kappa shape index (κ3) is 4.05.